The number of methoxy groups -OCH3 is 2. The molecule has 1 rings (SSSR count). The SMILES string of the molecule is COC(=O)C[C@@H](O[C@H]1CCCCO1)C(=O)OC. The van der Waals surface area contributed by atoms with Crippen molar-refractivity contribution in [3.63, 3.8) is 0 Å². The van der Waals surface area contributed by atoms with Crippen LogP contribution in [0.3, 0.4) is 0 Å². The number of esters is 2. The van der Waals surface area contributed by atoms with Gasteiger partial charge in [-0.15, -0.1) is 0 Å². The van der Waals surface area contributed by atoms with Crippen LogP contribution in [0.4, 0.5) is 0 Å². The molecule has 0 spiro atoms. The van der Waals surface area contributed by atoms with Gasteiger partial charge >= 0.3 is 11.9 Å². The van der Waals surface area contributed by atoms with E-state index in [9.17, 15) is 9.59 Å². The predicted octanol–water partition coefficient (Wildman–Crippen LogP) is 0.634. The van der Waals surface area contributed by atoms with Crippen LogP contribution >= 0.6 is 0 Å². The predicted molar refractivity (Wildman–Crippen MR) is 57.1 cm³/mol. The number of hydrogen-bond acceptors (Lipinski definition) is 6. The topological polar surface area (TPSA) is 71.1 Å². The summed E-state index contributed by atoms with van der Waals surface area (Å²) in [4.78, 5) is 22.6. The first-order chi connectivity index (χ1) is 8.17. The van der Waals surface area contributed by atoms with E-state index in [0.717, 1.165) is 12.8 Å². The van der Waals surface area contributed by atoms with Crippen molar-refractivity contribution in [1.29, 1.82) is 0 Å². The van der Waals surface area contributed by atoms with Gasteiger partial charge in [0.15, 0.2) is 12.4 Å². The minimum atomic E-state index is -0.962. The fourth-order valence-electron chi connectivity index (χ4n) is 1.55. The number of ether oxygens (including phenoxy) is 4. The normalized spacial score (nSPS) is 21.6. The van der Waals surface area contributed by atoms with E-state index in [0.29, 0.717) is 13.0 Å². The molecule has 0 aromatic rings. The molecule has 0 N–H and O–H groups in total. The van der Waals surface area contributed by atoms with Gasteiger partial charge in [-0.2, -0.15) is 0 Å². The molecule has 0 aliphatic carbocycles. The molecular formula is C11H18O6. The van der Waals surface area contributed by atoms with Gasteiger partial charge in [0.2, 0.25) is 0 Å². The lowest BCUT2D eigenvalue weighted by Gasteiger charge is -2.26. The summed E-state index contributed by atoms with van der Waals surface area (Å²) < 4.78 is 19.8. The standard InChI is InChI=1S/C11H18O6/c1-14-9(12)7-8(11(13)15-2)17-10-5-3-4-6-16-10/h8,10H,3-7H2,1-2H3/t8-,10+/m1/s1. The highest BCUT2D eigenvalue weighted by atomic mass is 16.7. The average Bonchev–Trinajstić information content (AvgIpc) is 2.38. The Morgan fingerprint density at radius 3 is 2.59 bits per heavy atom. The summed E-state index contributed by atoms with van der Waals surface area (Å²) >= 11 is 0. The molecule has 0 amide bonds. The summed E-state index contributed by atoms with van der Waals surface area (Å²) in [6.45, 7) is 0.608. The van der Waals surface area contributed by atoms with Crippen molar-refractivity contribution >= 4 is 11.9 Å². The van der Waals surface area contributed by atoms with E-state index in [2.05, 4.69) is 9.47 Å². The Labute approximate surface area is 100 Å². The summed E-state index contributed by atoms with van der Waals surface area (Å²) in [5, 5.41) is 0. The first-order valence-corrected chi connectivity index (χ1v) is 5.59. The minimum Gasteiger partial charge on any atom is -0.469 e. The van der Waals surface area contributed by atoms with E-state index in [1.54, 1.807) is 0 Å². The molecule has 6 nitrogen and oxygen atoms in total. The Kier molecular flexibility index (Phi) is 5.93. The van der Waals surface area contributed by atoms with E-state index in [-0.39, 0.29) is 6.42 Å². The Balaban J connectivity index is 2.49. The van der Waals surface area contributed by atoms with Crippen molar-refractivity contribution in [1.82, 2.24) is 0 Å². The third-order valence-electron chi connectivity index (χ3n) is 2.50. The molecule has 0 bridgehead atoms. The molecule has 0 saturated carbocycles. The van der Waals surface area contributed by atoms with Crippen LogP contribution in [0.15, 0.2) is 0 Å². The maximum atomic E-state index is 11.4. The van der Waals surface area contributed by atoms with Crippen LogP contribution in [0.1, 0.15) is 25.7 Å². The highest BCUT2D eigenvalue weighted by Gasteiger charge is 2.28. The molecular weight excluding hydrogens is 228 g/mol. The molecule has 2 atom stereocenters. The minimum absolute atomic E-state index is 0.164. The van der Waals surface area contributed by atoms with E-state index in [4.69, 9.17) is 9.47 Å². The smallest absolute Gasteiger partial charge is 0.335 e. The summed E-state index contributed by atoms with van der Waals surface area (Å²) in [7, 11) is 2.51. The molecule has 0 radical (unpaired) electrons. The quantitative estimate of drug-likeness (QED) is 0.663. The number of carbonyl (C=O) groups is 2. The first-order valence-electron chi connectivity index (χ1n) is 5.59. The molecule has 0 aromatic heterocycles. The van der Waals surface area contributed by atoms with Gasteiger partial charge in [-0.25, -0.2) is 4.79 Å². The van der Waals surface area contributed by atoms with Gasteiger partial charge in [-0.05, 0) is 19.3 Å². The lowest BCUT2D eigenvalue weighted by molar-refractivity contribution is -0.205. The highest BCUT2D eigenvalue weighted by Crippen LogP contribution is 2.17. The third kappa shape index (κ3) is 4.70. The van der Waals surface area contributed by atoms with Crippen LogP contribution in [0, 0.1) is 0 Å². The largest absolute Gasteiger partial charge is 0.469 e. The van der Waals surface area contributed by atoms with Gasteiger partial charge < -0.3 is 18.9 Å². The zero-order chi connectivity index (χ0) is 12.7. The van der Waals surface area contributed by atoms with Crippen LogP contribution in [0.5, 0.6) is 0 Å². The van der Waals surface area contributed by atoms with E-state index >= 15 is 0 Å². The summed E-state index contributed by atoms with van der Waals surface area (Å²) in [6.07, 6.45) is 1.11. The molecule has 1 saturated heterocycles. The number of hydrogen-bond donors (Lipinski definition) is 0. The summed E-state index contributed by atoms with van der Waals surface area (Å²) in [5.41, 5.74) is 0. The highest BCUT2D eigenvalue weighted by molar-refractivity contribution is 5.81. The van der Waals surface area contributed by atoms with Crippen molar-refractivity contribution < 1.29 is 28.5 Å². The lowest BCUT2D eigenvalue weighted by Crippen LogP contribution is -2.35. The van der Waals surface area contributed by atoms with Crippen molar-refractivity contribution in [3.05, 3.63) is 0 Å². The van der Waals surface area contributed by atoms with Gasteiger partial charge in [-0.1, -0.05) is 0 Å². The van der Waals surface area contributed by atoms with Crippen LogP contribution in [0.2, 0.25) is 0 Å². The molecule has 6 heteroatoms. The van der Waals surface area contributed by atoms with Crippen molar-refractivity contribution in [2.75, 3.05) is 20.8 Å². The first kappa shape index (κ1) is 13.9. The van der Waals surface area contributed by atoms with Gasteiger partial charge in [0.25, 0.3) is 0 Å². The average molecular weight is 246 g/mol. The Morgan fingerprint density at radius 2 is 2.06 bits per heavy atom. The Hall–Kier alpha value is -1.14. The molecule has 17 heavy (non-hydrogen) atoms. The maximum absolute atomic E-state index is 11.4. The fourth-order valence-corrected chi connectivity index (χ4v) is 1.55. The Morgan fingerprint density at radius 1 is 1.29 bits per heavy atom. The molecule has 1 aliphatic rings. The molecule has 0 unspecified atom stereocenters. The molecule has 0 aromatic carbocycles. The Bertz CT molecular complexity index is 259. The van der Waals surface area contributed by atoms with E-state index in [1.807, 2.05) is 0 Å². The van der Waals surface area contributed by atoms with Crippen molar-refractivity contribution in [2.45, 2.75) is 38.1 Å². The second kappa shape index (κ2) is 7.24. The number of carbonyl (C=O) groups excluding carboxylic acids is 2. The van der Waals surface area contributed by atoms with Gasteiger partial charge in [0.05, 0.1) is 20.6 Å². The van der Waals surface area contributed by atoms with Gasteiger partial charge in [-0.3, -0.25) is 4.79 Å². The van der Waals surface area contributed by atoms with Crippen LogP contribution in [0.25, 0.3) is 0 Å². The summed E-state index contributed by atoms with van der Waals surface area (Å²) in [5.74, 6) is -1.11. The molecule has 1 heterocycles. The zero-order valence-electron chi connectivity index (χ0n) is 10.1. The molecule has 1 fully saturated rings. The van der Waals surface area contributed by atoms with E-state index < -0.39 is 24.3 Å². The zero-order valence-corrected chi connectivity index (χ0v) is 10.1. The lowest BCUT2D eigenvalue weighted by atomic mass is 10.2. The monoisotopic (exact) mass is 246 g/mol. The summed E-state index contributed by atoms with van der Waals surface area (Å²) in [6, 6.07) is 0. The van der Waals surface area contributed by atoms with Gasteiger partial charge in [0.1, 0.15) is 0 Å². The van der Waals surface area contributed by atoms with Crippen LogP contribution in [-0.2, 0) is 28.5 Å². The van der Waals surface area contributed by atoms with Crippen molar-refractivity contribution in [2.24, 2.45) is 0 Å². The van der Waals surface area contributed by atoms with Crippen molar-refractivity contribution in [3.8, 4) is 0 Å². The van der Waals surface area contributed by atoms with Crippen LogP contribution in [-0.4, -0.2) is 45.2 Å². The molecule has 1 aliphatic heterocycles. The second-order valence-corrected chi connectivity index (χ2v) is 3.72. The third-order valence-corrected chi connectivity index (χ3v) is 2.50. The fraction of sp³-hybridized carbons (Fsp3) is 0.818. The van der Waals surface area contributed by atoms with Crippen LogP contribution < -0.4 is 0 Å². The number of rotatable bonds is 5. The van der Waals surface area contributed by atoms with Gasteiger partial charge in [0, 0.05) is 6.61 Å². The molecule has 98 valence electrons. The van der Waals surface area contributed by atoms with E-state index in [1.165, 1.54) is 14.2 Å². The second-order valence-electron chi connectivity index (χ2n) is 3.72. The maximum Gasteiger partial charge on any atom is 0.335 e.